The van der Waals surface area contributed by atoms with Crippen LogP contribution in [0.5, 0.6) is 0 Å². The minimum Gasteiger partial charge on any atom is -0.273 e. The third-order valence-corrected chi connectivity index (χ3v) is 2.65. The van der Waals surface area contributed by atoms with E-state index >= 15 is 0 Å². The van der Waals surface area contributed by atoms with E-state index in [2.05, 4.69) is 12.0 Å². The molecule has 0 fully saturated rings. The van der Waals surface area contributed by atoms with Gasteiger partial charge in [-0.15, -0.1) is 0 Å². The summed E-state index contributed by atoms with van der Waals surface area (Å²) in [5.41, 5.74) is 3.60. The molecule has 0 saturated carbocycles. The topological polar surface area (TPSA) is 34.9 Å². The van der Waals surface area contributed by atoms with Crippen LogP contribution in [0.1, 0.15) is 42.0 Å². The van der Waals surface area contributed by atoms with Crippen LogP contribution in [-0.4, -0.2) is 15.7 Å². The highest BCUT2D eigenvalue weighted by atomic mass is 16.2. The van der Waals surface area contributed by atoms with Crippen molar-refractivity contribution in [3.8, 4) is 0 Å². The summed E-state index contributed by atoms with van der Waals surface area (Å²) in [6.45, 7) is 3.66. The van der Waals surface area contributed by atoms with Crippen molar-refractivity contribution < 1.29 is 4.79 Å². The van der Waals surface area contributed by atoms with Crippen molar-refractivity contribution in [3.05, 3.63) is 17.0 Å². The maximum atomic E-state index is 11.2. The minimum atomic E-state index is 0.0397. The zero-order chi connectivity index (χ0) is 9.42. The second-order valence-corrected chi connectivity index (χ2v) is 3.51. The molecule has 0 saturated heterocycles. The van der Waals surface area contributed by atoms with Crippen LogP contribution in [0.3, 0.4) is 0 Å². The van der Waals surface area contributed by atoms with Crippen LogP contribution < -0.4 is 0 Å². The number of nitrogens with zero attached hydrogens (tertiary/aromatic N) is 2. The van der Waals surface area contributed by atoms with Gasteiger partial charge in [0.05, 0.1) is 11.4 Å². The van der Waals surface area contributed by atoms with Crippen LogP contribution in [-0.2, 0) is 19.3 Å². The third-order valence-electron chi connectivity index (χ3n) is 2.65. The lowest BCUT2D eigenvalue weighted by atomic mass is 10.2. The molecule has 0 radical (unpaired) electrons. The predicted molar refractivity (Wildman–Crippen MR) is 49.9 cm³/mol. The van der Waals surface area contributed by atoms with Gasteiger partial charge < -0.3 is 0 Å². The lowest BCUT2D eigenvalue weighted by Gasteiger charge is -1.97. The average Bonchev–Trinajstić information content (AvgIpc) is 2.61. The van der Waals surface area contributed by atoms with Crippen molar-refractivity contribution in [1.82, 2.24) is 9.78 Å². The summed E-state index contributed by atoms with van der Waals surface area (Å²) < 4.78 is 1.58. The lowest BCUT2D eigenvalue weighted by molar-refractivity contribution is 0.0917. The first kappa shape index (κ1) is 8.48. The Morgan fingerprint density at radius 2 is 2.31 bits per heavy atom. The number of hydrogen-bond acceptors (Lipinski definition) is 2. The van der Waals surface area contributed by atoms with E-state index in [9.17, 15) is 4.79 Å². The summed E-state index contributed by atoms with van der Waals surface area (Å²) in [7, 11) is 0. The maximum Gasteiger partial charge on any atom is 0.243 e. The van der Waals surface area contributed by atoms with E-state index < -0.39 is 0 Å². The van der Waals surface area contributed by atoms with Gasteiger partial charge in [0.15, 0.2) is 0 Å². The fourth-order valence-electron chi connectivity index (χ4n) is 2.06. The molecule has 0 atom stereocenters. The van der Waals surface area contributed by atoms with E-state index in [1.165, 1.54) is 12.0 Å². The van der Waals surface area contributed by atoms with Gasteiger partial charge in [-0.1, -0.05) is 6.92 Å². The molecular weight excluding hydrogens is 164 g/mol. The number of hydrogen-bond donors (Lipinski definition) is 0. The monoisotopic (exact) mass is 178 g/mol. The van der Waals surface area contributed by atoms with Gasteiger partial charge in [-0.25, -0.2) is 4.68 Å². The molecule has 0 aromatic carbocycles. The van der Waals surface area contributed by atoms with Gasteiger partial charge in [0.1, 0.15) is 0 Å². The van der Waals surface area contributed by atoms with Crippen molar-refractivity contribution in [2.24, 2.45) is 0 Å². The Bertz CT molecular complexity index is 352. The smallest absolute Gasteiger partial charge is 0.243 e. The first-order chi connectivity index (χ1) is 6.24. The van der Waals surface area contributed by atoms with Crippen molar-refractivity contribution >= 4 is 5.91 Å². The second-order valence-electron chi connectivity index (χ2n) is 3.51. The molecule has 0 amide bonds. The van der Waals surface area contributed by atoms with Gasteiger partial charge in [-0.05, 0) is 31.2 Å². The van der Waals surface area contributed by atoms with Crippen LogP contribution in [0, 0.1) is 0 Å². The number of fused-ring (bicyclic) bond motifs is 1. The Balaban J connectivity index is 2.54. The summed E-state index contributed by atoms with van der Waals surface area (Å²) in [5.74, 6) is 0.0397. The van der Waals surface area contributed by atoms with Crippen molar-refractivity contribution in [3.63, 3.8) is 0 Å². The average molecular weight is 178 g/mol. The summed E-state index contributed by atoms with van der Waals surface area (Å²) in [6.07, 6.45) is 4.23. The van der Waals surface area contributed by atoms with Gasteiger partial charge in [0.2, 0.25) is 5.91 Å². The Hall–Kier alpha value is -1.12. The van der Waals surface area contributed by atoms with E-state index in [1.54, 1.807) is 11.6 Å². The van der Waals surface area contributed by atoms with Crippen molar-refractivity contribution in [2.75, 3.05) is 0 Å². The highest BCUT2D eigenvalue weighted by Gasteiger charge is 2.22. The van der Waals surface area contributed by atoms with Crippen molar-refractivity contribution in [2.45, 2.75) is 39.5 Å². The molecule has 1 aromatic rings. The van der Waals surface area contributed by atoms with Crippen LogP contribution in [0.25, 0.3) is 0 Å². The first-order valence-electron chi connectivity index (χ1n) is 4.84. The van der Waals surface area contributed by atoms with Crippen LogP contribution in [0.2, 0.25) is 0 Å². The normalized spacial score (nSPS) is 14.6. The van der Waals surface area contributed by atoms with Crippen LogP contribution >= 0.6 is 0 Å². The van der Waals surface area contributed by atoms with Crippen LogP contribution in [0.4, 0.5) is 0 Å². The molecule has 70 valence electrons. The lowest BCUT2D eigenvalue weighted by Crippen LogP contribution is -2.11. The molecule has 0 aliphatic heterocycles. The zero-order valence-electron chi connectivity index (χ0n) is 8.13. The molecule has 13 heavy (non-hydrogen) atoms. The third kappa shape index (κ3) is 1.19. The van der Waals surface area contributed by atoms with E-state index in [-0.39, 0.29) is 5.91 Å². The molecular formula is C10H14N2O. The minimum absolute atomic E-state index is 0.0397. The Morgan fingerprint density at radius 1 is 1.54 bits per heavy atom. The SMILES string of the molecule is CCc1nn(C(C)=O)c2c1CCC2. The molecule has 0 N–H and O–H groups in total. The molecule has 1 aromatic heterocycles. The van der Waals surface area contributed by atoms with E-state index in [1.807, 2.05) is 0 Å². The highest BCUT2D eigenvalue weighted by Crippen LogP contribution is 2.25. The second kappa shape index (κ2) is 2.98. The van der Waals surface area contributed by atoms with Gasteiger partial charge in [0.25, 0.3) is 0 Å². The molecule has 2 rings (SSSR count). The number of rotatable bonds is 1. The first-order valence-corrected chi connectivity index (χ1v) is 4.84. The molecule has 0 bridgehead atoms. The molecule has 3 heteroatoms. The quantitative estimate of drug-likeness (QED) is 0.654. The van der Waals surface area contributed by atoms with Gasteiger partial charge >= 0.3 is 0 Å². The summed E-state index contributed by atoms with van der Waals surface area (Å²) in [5, 5.41) is 4.32. The molecule has 0 spiro atoms. The van der Waals surface area contributed by atoms with Crippen molar-refractivity contribution in [1.29, 1.82) is 0 Å². The van der Waals surface area contributed by atoms with E-state index in [4.69, 9.17) is 0 Å². The number of carbonyl (C=O) groups is 1. The van der Waals surface area contributed by atoms with Gasteiger partial charge in [-0.3, -0.25) is 4.79 Å². The molecule has 0 unspecified atom stereocenters. The molecule has 1 heterocycles. The van der Waals surface area contributed by atoms with E-state index in [0.29, 0.717) is 0 Å². The molecule has 1 aliphatic rings. The van der Waals surface area contributed by atoms with Gasteiger partial charge in [-0.2, -0.15) is 5.10 Å². The summed E-state index contributed by atoms with van der Waals surface area (Å²) in [4.78, 5) is 11.2. The zero-order valence-corrected chi connectivity index (χ0v) is 8.13. The van der Waals surface area contributed by atoms with Gasteiger partial charge in [0, 0.05) is 6.92 Å². The fourth-order valence-corrected chi connectivity index (χ4v) is 2.06. The largest absolute Gasteiger partial charge is 0.273 e. The number of carbonyl (C=O) groups excluding carboxylic acids is 1. The Kier molecular flexibility index (Phi) is 1.94. The molecule has 3 nitrogen and oxygen atoms in total. The number of aryl methyl sites for hydroxylation is 1. The number of aromatic nitrogens is 2. The Labute approximate surface area is 77.7 Å². The standard InChI is InChI=1S/C10H14N2O/c1-3-9-8-5-4-6-10(8)12(11-9)7(2)13/h3-6H2,1-2H3. The maximum absolute atomic E-state index is 11.2. The van der Waals surface area contributed by atoms with E-state index in [0.717, 1.165) is 30.7 Å². The van der Waals surface area contributed by atoms with Crippen LogP contribution in [0.15, 0.2) is 0 Å². The summed E-state index contributed by atoms with van der Waals surface area (Å²) >= 11 is 0. The Morgan fingerprint density at radius 3 is 2.92 bits per heavy atom. The fraction of sp³-hybridized carbons (Fsp3) is 0.600. The highest BCUT2D eigenvalue weighted by molar-refractivity contribution is 5.76. The summed E-state index contributed by atoms with van der Waals surface area (Å²) in [6, 6.07) is 0. The predicted octanol–water partition coefficient (Wildman–Crippen LogP) is 1.59. The molecule has 1 aliphatic carbocycles.